The molecular formula is C17H12O3. The Morgan fingerprint density at radius 2 is 1.50 bits per heavy atom. The smallest absolute Gasteiger partial charge is 0.348 e. The first-order valence-electron chi connectivity index (χ1n) is 6.23. The van der Waals surface area contributed by atoms with E-state index in [1.165, 1.54) is 0 Å². The molecule has 3 nitrogen and oxygen atoms in total. The number of rotatable bonds is 2. The van der Waals surface area contributed by atoms with E-state index in [9.17, 15) is 9.90 Å². The molecule has 3 rings (SSSR count). The molecule has 0 atom stereocenters. The fraction of sp³-hybridized carbons (Fsp3) is 0. The highest BCUT2D eigenvalue weighted by Crippen LogP contribution is 2.32. The van der Waals surface area contributed by atoms with Crippen LogP contribution in [0.15, 0.2) is 72.2 Å². The highest BCUT2D eigenvalue weighted by Gasteiger charge is 2.30. The van der Waals surface area contributed by atoms with Crippen LogP contribution in [0, 0.1) is 0 Å². The first-order chi connectivity index (χ1) is 9.75. The van der Waals surface area contributed by atoms with Gasteiger partial charge in [0.15, 0.2) is 11.5 Å². The van der Waals surface area contributed by atoms with E-state index in [0.29, 0.717) is 5.56 Å². The lowest BCUT2D eigenvalue weighted by atomic mass is 10.1. The number of carbonyl (C=O) groups excluding carboxylic acids is 1. The van der Waals surface area contributed by atoms with Gasteiger partial charge in [-0.25, -0.2) is 4.79 Å². The number of aliphatic hydroxyl groups is 1. The predicted molar refractivity (Wildman–Crippen MR) is 76.5 cm³/mol. The number of ether oxygens (including phenoxy) is 1. The van der Waals surface area contributed by atoms with Crippen LogP contribution in [-0.4, -0.2) is 11.1 Å². The van der Waals surface area contributed by atoms with Gasteiger partial charge in [-0.2, -0.15) is 0 Å². The molecular weight excluding hydrogens is 252 g/mol. The fourth-order valence-corrected chi connectivity index (χ4v) is 2.08. The molecule has 0 radical (unpaired) electrons. The Labute approximate surface area is 116 Å². The summed E-state index contributed by atoms with van der Waals surface area (Å²) in [6.07, 6.45) is 1.64. The Balaban J connectivity index is 2.03. The Hall–Kier alpha value is -2.81. The van der Waals surface area contributed by atoms with Gasteiger partial charge in [-0.1, -0.05) is 60.7 Å². The molecule has 1 heterocycles. The van der Waals surface area contributed by atoms with E-state index in [1.807, 2.05) is 48.5 Å². The van der Waals surface area contributed by atoms with Gasteiger partial charge >= 0.3 is 5.97 Å². The summed E-state index contributed by atoms with van der Waals surface area (Å²) >= 11 is 0. The summed E-state index contributed by atoms with van der Waals surface area (Å²) in [6.45, 7) is 0. The second-order valence-electron chi connectivity index (χ2n) is 4.40. The highest BCUT2D eigenvalue weighted by atomic mass is 16.6. The molecule has 0 fully saturated rings. The maximum atomic E-state index is 11.9. The molecule has 0 saturated carbocycles. The number of aliphatic hydroxyl groups excluding tert-OH is 1. The van der Waals surface area contributed by atoms with E-state index in [2.05, 4.69) is 0 Å². The molecule has 0 bridgehead atoms. The average molecular weight is 264 g/mol. The zero-order valence-corrected chi connectivity index (χ0v) is 10.6. The molecule has 1 aliphatic rings. The van der Waals surface area contributed by atoms with E-state index in [0.717, 1.165) is 5.56 Å². The third-order valence-electron chi connectivity index (χ3n) is 3.04. The van der Waals surface area contributed by atoms with Gasteiger partial charge in [0.2, 0.25) is 0 Å². The number of hydrogen-bond donors (Lipinski definition) is 1. The highest BCUT2D eigenvalue weighted by molar-refractivity contribution is 6.20. The molecule has 0 saturated heterocycles. The molecule has 98 valence electrons. The lowest BCUT2D eigenvalue weighted by Gasteiger charge is -1.98. The zero-order valence-electron chi connectivity index (χ0n) is 10.6. The van der Waals surface area contributed by atoms with Crippen LogP contribution in [0.4, 0.5) is 0 Å². The van der Waals surface area contributed by atoms with Gasteiger partial charge in [0.1, 0.15) is 5.57 Å². The summed E-state index contributed by atoms with van der Waals surface area (Å²) in [5.41, 5.74) is 1.70. The van der Waals surface area contributed by atoms with Crippen molar-refractivity contribution < 1.29 is 14.6 Å². The van der Waals surface area contributed by atoms with Crippen molar-refractivity contribution in [2.75, 3.05) is 0 Å². The van der Waals surface area contributed by atoms with Crippen LogP contribution in [-0.2, 0) is 9.53 Å². The Morgan fingerprint density at radius 1 is 0.900 bits per heavy atom. The molecule has 2 aromatic rings. The number of benzene rings is 2. The van der Waals surface area contributed by atoms with Crippen LogP contribution in [0.3, 0.4) is 0 Å². The lowest BCUT2D eigenvalue weighted by molar-refractivity contribution is -0.131. The molecule has 3 heteroatoms. The van der Waals surface area contributed by atoms with Crippen LogP contribution >= 0.6 is 0 Å². The second kappa shape index (κ2) is 5.05. The van der Waals surface area contributed by atoms with Crippen LogP contribution in [0.25, 0.3) is 11.6 Å². The molecule has 20 heavy (non-hydrogen) atoms. The van der Waals surface area contributed by atoms with E-state index in [4.69, 9.17) is 4.74 Å². The number of carbonyl (C=O) groups is 1. The van der Waals surface area contributed by atoms with Crippen LogP contribution in [0.1, 0.15) is 11.1 Å². The van der Waals surface area contributed by atoms with Gasteiger partial charge in [-0.15, -0.1) is 0 Å². The first kappa shape index (κ1) is 12.2. The summed E-state index contributed by atoms with van der Waals surface area (Å²) in [7, 11) is 0. The van der Waals surface area contributed by atoms with Crippen molar-refractivity contribution in [3.63, 3.8) is 0 Å². The summed E-state index contributed by atoms with van der Waals surface area (Å²) < 4.78 is 5.14. The number of esters is 1. The molecule has 0 unspecified atom stereocenters. The third kappa shape index (κ3) is 2.21. The minimum atomic E-state index is -0.532. The fourth-order valence-electron chi connectivity index (χ4n) is 2.08. The largest absolute Gasteiger partial charge is 0.504 e. The summed E-state index contributed by atoms with van der Waals surface area (Å²) in [6, 6.07) is 18.4. The van der Waals surface area contributed by atoms with Crippen molar-refractivity contribution in [1.29, 1.82) is 0 Å². The summed E-state index contributed by atoms with van der Waals surface area (Å²) in [4.78, 5) is 11.9. The minimum absolute atomic E-state index is 0.120. The Morgan fingerprint density at radius 3 is 2.15 bits per heavy atom. The molecule has 2 aromatic carbocycles. The average Bonchev–Trinajstić information content (AvgIpc) is 2.75. The molecule has 0 spiro atoms. The van der Waals surface area contributed by atoms with E-state index in [1.54, 1.807) is 18.2 Å². The second-order valence-corrected chi connectivity index (χ2v) is 4.40. The van der Waals surface area contributed by atoms with Gasteiger partial charge in [0.25, 0.3) is 0 Å². The summed E-state index contributed by atoms with van der Waals surface area (Å²) in [5, 5.41) is 10.2. The predicted octanol–water partition coefficient (Wildman–Crippen LogP) is 3.55. The Kier molecular flexibility index (Phi) is 3.09. The van der Waals surface area contributed by atoms with Crippen molar-refractivity contribution in [1.82, 2.24) is 0 Å². The van der Waals surface area contributed by atoms with Gasteiger partial charge in [0, 0.05) is 0 Å². The lowest BCUT2D eigenvalue weighted by Crippen LogP contribution is -1.97. The third-order valence-corrected chi connectivity index (χ3v) is 3.04. The minimum Gasteiger partial charge on any atom is -0.504 e. The normalized spacial score (nSPS) is 16.6. The van der Waals surface area contributed by atoms with E-state index >= 15 is 0 Å². The molecule has 1 aliphatic heterocycles. The Bertz CT molecular complexity index is 698. The van der Waals surface area contributed by atoms with Crippen molar-refractivity contribution in [2.45, 2.75) is 0 Å². The van der Waals surface area contributed by atoms with Gasteiger partial charge in [-0.05, 0) is 17.2 Å². The number of cyclic esters (lactones) is 1. The van der Waals surface area contributed by atoms with Crippen LogP contribution in [0.2, 0.25) is 0 Å². The maximum Gasteiger partial charge on any atom is 0.348 e. The topological polar surface area (TPSA) is 46.5 Å². The molecule has 0 aliphatic carbocycles. The number of hydrogen-bond acceptors (Lipinski definition) is 3. The molecule has 0 aromatic heterocycles. The van der Waals surface area contributed by atoms with Crippen molar-refractivity contribution >= 4 is 17.6 Å². The van der Waals surface area contributed by atoms with Crippen molar-refractivity contribution in [2.24, 2.45) is 0 Å². The van der Waals surface area contributed by atoms with E-state index in [-0.39, 0.29) is 17.1 Å². The quantitative estimate of drug-likeness (QED) is 0.844. The van der Waals surface area contributed by atoms with Crippen molar-refractivity contribution in [3.8, 4) is 0 Å². The first-order valence-corrected chi connectivity index (χ1v) is 6.23. The van der Waals surface area contributed by atoms with E-state index < -0.39 is 5.97 Å². The van der Waals surface area contributed by atoms with Crippen molar-refractivity contribution in [3.05, 3.63) is 83.3 Å². The monoisotopic (exact) mass is 264 g/mol. The van der Waals surface area contributed by atoms with Gasteiger partial charge in [-0.3, -0.25) is 0 Å². The van der Waals surface area contributed by atoms with Crippen LogP contribution < -0.4 is 0 Å². The maximum absolute atomic E-state index is 11.9. The van der Waals surface area contributed by atoms with Crippen LogP contribution in [0.5, 0.6) is 0 Å². The molecule has 0 amide bonds. The van der Waals surface area contributed by atoms with Gasteiger partial charge < -0.3 is 9.84 Å². The SMILES string of the molecule is O=C1OC(=Cc2ccccc2)C(O)=C1c1ccccc1. The molecule has 1 N–H and O–H groups in total. The zero-order chi connectivity index (χ0) is 13.9. The van der Waals surface area contributed by atoms with Gasteiger partial charge in [0.05, 0.1) is 0 Å². The summed E-state index contributed by atoms with van der Waals surface area (Å²) in [5.74, 6) is -0.471. The standard InChI is InChI=1S/C17H12O3/c18-16-14(11-12-7-3-1-4-8-12)20-17(19)15(16)13-9-5-2-6-10-13/h1-11,18H.